The fraction of sp³-hybridized carbons (Fsp3) is 0.316. The Labute approximate surface area is 158 Å². The van der Waals surface area contributed by atoms with Crippen molar-refractivity contribution in [3.63, 3.8) is 0 Å². The Hall–Kier alpha value is -2.58. The van der Waals surface area contributed by atoms with Crippen LogP contribution in [0.5, 0.6) is 11.5 Å². The summed E-state index contributed by atoms with van der Waals surface area (Å²) in [4.78, 5) is 12.6. The molecule has 0 spiro atoms. The van der Waals surface area contributed by atoms with Crippen molar-refractivity contribution >= 4 is 15.9 Å². The first-order chi connectivity index (χ1) is 12.9. The Morgan fingerprint density at radius 2 is 1.59 bits per heavy atom. The molecule has 0 saturated carbocycles. The molecule has 0 radical (unpaired) electrons. The number of hydrogen-bond donors (Lipinski definition) is 2. The van der Waals surface area contributed by atoms with E-state index in [0.717, 1.165) is 5.56 Å². The van der Waals surface area contributed by atoms with Gasteiger partial charge in [-0.1, -0.05) is 36.4 Å². The lowest BCUT2D eigenvalue weighted by Crippen LogP contribution is -2.48. The molecule has 0 aromatic heterocycles. The van der Waals surface area contributed by atoms with Crippen LogP contribution in [0.15, 0.2) is 48.5 Å². The maximum Gasteiger partial charge on any atom is 0.265 e. The van der Waals surface area contributed by atoms with E-state index in [0.29, 0.717) is 17.1 Å². The van der Waals surface area contributed by atoms with Gasteiger partial charge in [0.15, 0.2) is 11.5 Å². The lowest BCUT2D eigenvalue weighted by molar-refractivity contribution is -0.133. The standard InChI is InChI=1S/C19H22N2O5S/c1-13-18(26-17-10-6-5-9-16(17)25-13)19(22)21-11-14-7-3-4-8-15(14)12-27(23,24)20-2/h3-10,13,18,20H,11-12H2,1-2H3,(H,21,22)/t13-,18+/m1/s1. The van der Waals surface area contributed by atoms with Gasteiger partial charge in [0.1, 0.15) is 6.10 Å². The van der Waals surface area contributed by atoms with Crippen LogP contribution in [0.3, 0.4) is 0 Å². The van der Waals surface area contributed by atoms with Gasteiger partial charge >= 0.3 is 0 Å². The number of sulfonamides is 1. The molecule has 2 N–H and O–H groups in total. The predicted molar refractivity (Wildman–Crippen MR) is 101 cm³/mol. The molecule has 0 fully saturated rings. The fourth-order valence-electron chi connectivity index (χ4n) is 2.84. The third kappa shape index (κ3) is 4.58. The molecule has 2 aromatic rings. The van der Waals surface area contributed by atoms with Crippen molar-refractivity contribution < 1.29 is 22.7 Å². The maximum absolute atomic E-state index is 12.6. The van der Waals surface area contributed by atoms with Crippen LogP contribution in [0.4, 0.5) is 0 Å². The molecule has 0 saturated heterocycles. The molecule has 2 aromatic carbocycles. The van der Waals surface area contributed by atoms with E-state index in [4.69, 9.17) is 9.47 Å². The molecule has 8 heteroatoms. The van der Waals surface area contributed by atoms with Crippen molar-refractivity contribution in [3.05, 3.63) is 59.7 Å². The van der Waals surface area contributed by atoms with Crippen molar-refractivity contribution in [2.75, 3.05) is 7.05 Å². The lowest BCUT2D eigenvalue weighted by Gasteiger charge is -2.31. The fourth-order valence-corrected chi connectivity index (χ4v) is 3.67. The average Bonchev–Trinajstić information content (AvgIpc) is 2.66. The van der Waals surface area contributed by atoms with Gasteiger partial charge in [0.05, 0.1) is 5.75 Å². The summed E-state index contributed by atoms with van der Waals surface area (Å²) in [5.74, 6) is 0.666. The first-order valence-electron chi connectivity index (χ1n) is 8.57. The molecule has 3 rings (SSSR count). The SMILES string of the molecule is CNS(=O)(=O)Cc1ccccc1CNC(=O)[C@H]1Oc2ccccc2O[C@@H]1C. The quantitative estimate of drug-likeness (QED) is 0.781. The van der Waals surface area contributed by atoms with Gasteiger partial charge in [0.25, 0.3) is 5.91 Å². The third-order valence-corrected chi connectivity index (χ3v) is 5.64. The highest BCUT2D eigenvalue weighted by atomic mass is 32.2. The van der Waals surface area contributed by atoms with Crippen LogP contribution < -0.4 is 19.5 Å². The highest BCUT2D eigenvalue weighted by Crippen LogP contribution is 2.33. The van der Waals surface area contributed by atoms with Crippen LogP contribution in [0.1, 0.15) is 18.1 Å². The van der Waals surface area contributed by atoms with Crippen LogP contribution in [0.25, 0.3) is 0 Å². The zero-order valence-electron chi connectivity index (χ0n) is 15.1. The number of carbonyl (C=O) groups is 1. The number of rotatable bonds is 6. The van der Waals surface area contributed by atoms with Crippen LogP contribution in [0.2, 0.25) is 0 Å². The van der Waals surface area contributed by atoms with Crippen molar-refractivity contribution in [2.24, 2.45) is 0 Å². The van der Waals surface area contributed by atoms with Crippen molar-refractivity contribution in [2.45, 2.75) is 31.4 Å². The molecule has 0 unspecified atom stereocenters. The number of para-hydroxylation sites is 2. The summed E-state index contributed by atoms with van der Waals surface area (Å²) in [5.41, 5.74) is 1.36. The van der Waals surface area contributed by atoms with E-state index in [9.17, 15) is 13.2 Å². The summed E-state index contributed by atoms with van der Waals surface area (Å²) in [5, 5.41) is 2.81. The minimum absolute atomic E-state index is 0.150. The summed E-state index contributed by atoms with van der Waals surface area (Å²) in [6.45, 7) is 1.97. The van der Waals surface area contributed by atoms with Crippen LogP contribution in [0, 0.1) is 0 Å². The van der Waals surface area contributed by atoms with Crippen molar-refractivity contribution in [3.8, 4) is 11.5 Å². The molecule has 1 aliphatic heterocycles. The van der Waals surface area contributed by atoms with Gasteiger partial charge in [-0.05, 0) is 37.2 Å². The number of carbonyl (C=O) groups excluding carboxylic acids is 1. The number of hydrogen-bond acceptors (Lipinski definition) is 5. The largest absolute Gasteiger partial charge is 0.482 e. The van der Waals surface area contributed by atoms with Gasteiger partial charge in [-0.2, -0.15) is 0 Å². The minimum atomic E-state index is -3.40. The molecule has 2 atom stereocenters. The summed E-state index contributed by atoms with van der Waals surface area (Å²) >= 11 is 0. The molecule has 27 heavy (non-hydrogen) atoms. The Balaban J connectivity index is 1.68. The zero-order valence-corrected chi connectivity index (χ0v) is 16.0. The van der Waals surface area contributed by atoms with Crippen LogP contribution >= 0.6 is 0 Å². The lowest BCUT2D eigenvalue weighted by atomic mass is 10.1. The van der Waals surface area contributed by atoms with E-state index < -0.39 is 22.2 Å². The highest BCUT2D eigenvalue weighted by molar-refractivity contribution is 7.88. The van der Waals surface area contributed by atoms with Gasteiger partial charge in [-0.15, -0.1) is 0 Å². The maximum atomic E-state index is 12.6. The van der Waals surface area contributed by atoms with Gasteiger partial charge in [0.2, 0.25) is 16.1 Å². The van der Waals surface area contributed by atoms with E-state index in [1.165, 1.54) is 7.05 Å². The molecule has 1 heterocycles. The van der Waals surface area contributed by atoms with E-state index in [-0.39, 0.29) is 18.2 Å². The van der Waals surface area contributed by atoms with E-state index >= 15 is 0 Å². The average molecular weight is 390 g/mol. The van der Waals surface area contributed by atoms with Crippen molar-refractivity contribution in [1.29, 1.82) is 0 Å². The molecule has 7 nitrogen and oxygen atoms in total. The van der Waals surface area contributed by atoms with Crippen molar-refractivity contribution in [1.82, 2.24) is 10.0 Å². The summed E-state index contributed by atoms with van der Waals surface area (Å²) in [6.07, 6.45) is -1.23. The molecule has 0 bridgehead atoms. The van der Waals surface area contributed by atoms with E-state index in [2.05, 4.69) is 10.0 Å². The molecule has 144 valence electrons. The molecular formula is C19H22N2O5S. The number of benzene rings is 2. The second-order valence-electron chi connectivity index (χ2n) is 6.26. The smallest absolute Gasteiger partial charge is 0.265 e. The minimum Gasteiger partial charge on any atom is -0.482 e. The molecule has 1 amide bonds. The Kier molecular flexibility index (Phi) is 5.67. The van der Waals surface area contributed by atoms with Gasteiger partial charge in [-0.3, -0.25) is 4.79 Å². The van der Waals surface area contributed by atoms with Gasteiger partial charge < -0.3 is 14.8 Å². The monoisotopic (exact) mass is 390 g/mol. The number of nitrogens with one attached hydrogen (secondary N) is 2. The number of amides is 1. The Morgan fingerprint density at radius 1 is 1.00 bits per heavy atom. The second-order valence-corrected chi connectivity index (χ2v) is 8.18. The van der Waals surface area contributed by atoms with Gasteiger partial charge in [0, 0.05) is 6.54 Å². The van der Waals surface area contributed by atoms with Crippen LogP contribution in [-0.4, -0.2) is 33.6 Å². The number of ether oxygens (including phenoxy) is 2. The highest BCUT2D eigenvalue weighted by Gasteiger charge is 2.33. The third-order valence-electron chi connectivity index (χ3n) is 4.33. The predicted octanol–water partition coefficient (Wildman–Crippen LogP) is 1.58. The molecule has 1 aliphatic rings. The van der Waals surface area contributed by atoms with Gasteiger partial charge in [-0.25, -0.2) is 13.1 Å². The zero-order chi connectivity index (χ0) is 19.4. The summed E-state index contributed by atoms with van der Waals surface area (Å²) in [7, 11) is -2.03. The van der Waals surface area contributed by atoms with E-state index in [1.54, 1.807) is 43.3 Å². The summed E-state index contributed by atoms with van der Waals surface area (Å²) < 4.78 is 37.5. The Morgan fingerprint density at radius 3 is 2.26 bits per heavy atom. The number of fused-ring (bicyclic) bond motifs is 1. The summed E-state index contributed by atoms with van der Waals surface area (Å²) in [6, 6.07) is 14.3. The Bertz CT molecular complexity index is 929. The normalized spacial score (nSPS) is 18.7. The first kappa shape index (κ1) is 19.2. The topological polar surface area (TPSA) is 93.7 Å². The first-order valence-corrected chi connectivity index (χ1v) is 10.2. The molecule has 0 aliphatic carbocycles. The second kappa shape index (κ2) is 7.98. The van der Waals surface area contributed by atoms with E-state index in [1.807, 2.05) is 12.1 Å². The van der Waals surface area contributed by atoms with Crippen LogP contribution in [-0.2, 0) is 27.1 Å². The molecular weight excluding hydrogens is 368 g/mol.